The Kier molecular flexibility index (Phi) is 9.12. The second-order valence-corrected chi connectivity index (χ2v) is 11.3. The molecule has 3 aromatic rings. The first-order valence-corrected chi connectivity index (χ1v) is 14.5. The summed E-state index contributed by atoms with van der Waals surface area (Å²) in [6, 6.07) is 21.9. The summed E-state index contributed by atoms with van der Waals surface area (Å²) in [5.41, 5.74) is 8.96. The van der Waals surface area contributed by atoms with Crippen molar-refractivity contribution in [3.63, 3.8) is 0 Å². The third-order valence-electron chi connectivity index (χ3n) is 8.94. The molecular weight excluding hydrogens is 480 g/mol. The van der Waals surface area contributed by atoms with Crippen molar-refractivity contribution in [1.82, 2.24) is 0 Å². The van der Waals surface area contributed by atoms with Gasteiger partial charge in [-0.2, -0.15) is 0 Å². The van der Waals surface area contributed by atoms with Gasteiger partial charge in [-0.15, -0.1) is 0 Å². The molecule has 1 saturated carbocycles. The maximum atomic E-state index is 11.6. The Bertz CT molecular complexity index is 1310. The van der Waals surface area contributed by atoms with Gasteiger partial charge in [-0.25, -0.2) is 0 Å². The minimum absolute atomic E-state index is 0.0672. The molecular formula is C36H44O3. The van der Waals surface area contributed by atoms with E-state index in [1.54, 1.807) is 0 Å². The van der Waals surface area contributed by atoms with Crippen molar-refractivity contribution in [2.24, 2.45) is 0 Å². The van der Waals surface area contributed by atoms with E-state index in [1.807, 2.05) is 18.2 Å². The molecule has 3 nitrogen and oxygen atoms in total. The molecule has 1 fully saturated rings. The molecule has 1 aliphatic carbocycles. The van der Waals surface area contributed by atoms with Crippen LogP contribution in [0.4, 0.5) is 0 Å². The number of methoxy groups -OCH3 is 1. The molecule has 0 saturated heterocycles. The molecule has 0 bridgehead atoms. The van der Waals surface area contributed by atoms with Crippen LogP contribution in [0.25, 0.3) is 17.2 Å². The Balaban J connectivity index is 1.61. The summed E-state index contributed by atoms with van der Waals surface area (Å²) in [6.07, 6.45) is 11.6. The molecule has 0 amide bonds. The van der Waals surface area contributed by atoms with E-state index >= 15 is 0 Å². The normalized spacial score (nSPS) is 15.4. The molecule has 39 heavy (non-hydrogen) atoms. The van der Waals surface area contributed by atoms with Crippen molar-refractivity contribution in [2.45, 2.75) is 90.1 Å². The summed E-state index contributed by atoms with van der Waals surface area (Å²) in [5.74, 6) is -0.223. The second-order valence-electron chi connectivity index (χ2n) is 11.3. The van der Waals surface area contributed by atoms with Crippen molar-refractivity contribution < 1.29 is 14.6 Å². The number of ether oxygens (including phenoxy) is 1. The maximum absolute atomic E-state index is 11.6. The first-order valence-electron chi connectivity index (χ1n) is 14.5. The van der Waals surface area contributed by atoms with Crippen molar-refractivity contribution in [1.29, 1.82) is 0 Å². The average Bonchev–Trinajstić information content (AvgIpc) is 2.94. The Labute approximate surface area is 234 Å². The van der Waals surface area contributed by atoms with Gasteiger partial charge in [0, 0.05) is 5.41 Å². The molecule has 0 unspecified atom stereocenters. The van der Waals surface area contributed by atoms with Crippen LogP contribution in [0.3, 0.4) is 0 Å². The molecule has 0 aromatic heterocycles. The zero-order chi connectivity index (χ0) is 28.0. The molecule has 206 valence electrons. The van der Waals surface area contributed by atoms with Crippen molar-refractivity contribution >= 4 is 12.0 Å². The lowest BCUT2D eigenvalue weighted by Crippen LogP contribution is -2.28. The van der Waals surface area contributed by atoms with E-state index in [2.05, 4.69) is 82.3 Å². The van der Waals surface area contributed by atoms with Gasteiger partial charge >= 0.3 is 5.97 Å². The highest BCUT2D eigenvalue weighted by molar-refractivity contribution is 5.73. The molecule has 0 spiro atoms. The first kappa shape index (κ1) is 28.8. The molecule has 0 aliphatic heterocycles. The Morgan fingerprint density at radius 1 is 0.897 bits per heavy atom. The quantitative estimate of drug-likeness (QED) is 0.285. The Morgan fingerprint density at radius 3 is 2.08 bits per heavy atom. The molecule has 3 aromatic carbocycles. The summed E-state index contributed by atoms with van der Waals surface area (Å²) in [4.78, 5) is 11.6. The van der Waals surface area contributed by atoms with Gasteiger partial charge in [0.15, 0.2) is 0 Å². The van der Waals surface area contributed by atoms with Crippen molar-refractivity contribution in [3.8, 4) is 11.1 Å². The second kappa shape index (κ2) is 12.3. The van der Waals surface area contributed by atoms with E-state index in [9.17, 15) is 9.90 Å². The number of hydrogen-bond acceptors (Lipinski definition) is 3. The fourth-order valence-electron chi connectivity index (χ4n) is 6.30. The summed E-state index contributed by atoms with van der Waals surface area (Å²) < 4.78 is 4.79. The fraction of sp³-hybridized carbons (Fsp3) is 0.417. The lowest BCUT2D eigenvalue weighted by Gasteiger charge is -2.34. The van der Waals surface area contributed by atoms with Gasteiger partial charge in [0.25, 0.3) is 0 Å². The van der Waals surface area contributed by atoms with Gasteiger partial charge < -0.3 is 9.84 Å². The number of benzene rings is 3. The van der Waals surface area contributed by atoms with Gasteiger partial charge in [-0.05, 0) is 84.0 Å². The highest BCUT2D eigenvalue weighted by Gasteiger charge is 2.31. The number of rotatable bonds is 9. The van der Waals surface area contributed by atoms with Crippen LogP contribution in [0.15, 0.2) is 66.7 Å². The summed E-state index contributed by atoms with van der Waals surface area (Å²) in [6.45, 7) is 8.94. The monoisotopic (exact) mass is 524 g/mol. The van der Waals surface area contributed by atoms with Crippen molar-refractivity contribution in [3.05, 3.63) is 100 Å². The summed E-state index contributed by atoms with van der Waals surface area (Å²) >= 11 is 0. The van der Waals surface area contributed by atoms with Crippen LogP contribution in [0.2, 0.25) is 0 Å². The first-order chi connectivity index (χ1) is 18.7. The number of aryl methyl sites for hydroxylation is 2. The van der Waals surface area contributed by atoms with Crippen LogP contribution >= 0.6 is 0 Å². The topological polar surface area (TPSA) is 46.5 Å². The lowest BCUT2D eigenvalue weighted by atomic mass is 9.69. The summed E-state index contributed by atoms with van der Waals surface area (Å²) in [5, 5.41) is 10.9. The maximum Gasteiger partial charge on any atom is 0.309 e. The zero-order valence-electron chi connectivity index (χ0n) is 24.3. The fourth-order valence-corrected chi connectivity index (χ4v) is 6.30. The minimum atomic E-state index is -0.652. The molecule has 1 N–H and O–H groups in total. The highest BCUT2D eigenvalue weighted by atomic mass is 16.5. The minimum Gasteiger partial charge on any atom is -0.469 e. The van der Waals surface area contributed by atoms with Crippen LogP contribution in [-0.2, 0) is 21.4 Å². The average molecular weight is 525 g/mol. The van der Waals surface area contributed by atoms with E-state index < -0.39 is 5.60 Å². The van der Waals surface area contributed by atoms with Crippen LogP contribution in [0.1, 0.15) is 92.2 Å². The molecule has 0 atom stereocenters. The van der Waals surface area contributed by atoms with Crippen LogP contribution in [0.5, 0.6) is 0 Å². The Morgan fingerprint density at radius 2 is 1.51 bits per heavy atom. The third kappa shape index (κ3) is 6.36. The molecule has 0 radical (unpaired) electrons. The molecule has 1 aliphatic rings. The van der Waals surface area contributed by atoms with Crippen LogP contribution in [0, 0.1) is 13.8 Å². The van der Waals surface area contributed by atoms with Gasteiger partial charge in [-0.1, -0.05) is 106 Å². The zero-order valence-corrected chi connectivity index (χ0v) is 24.3. The van der Waals surface area contributed by atoms with Gasteiger partial charge in [0.05, 0.1) is 19.1 Å². The lowest BCUT2D eigenvalue weighted by molar-refractivity contribution is -0.139. The molecule has 0 heterocycles. The number of carbonyl (C=O) groups is 1. The number of aliphatic hydroxyl groups is 1. The SMILES string of the molecule is CCC(CC)(c1ccc(/C=C/C2(O)CCCCC2)c(C)c1)c1ccc(-c2ccc(CC(=O)OC)cc2)c(C)c1. The van der Waals surface area contributed by atoms with Gasteiger partial charge in [0.1, 0.15) is 0 Å². The predicted molar refractivity (Wildman–Crippen MR) is 162 cm³/mol. The van der Waals surface area contributed by atoms with E-state index in [0.29, 0.717) is 6.42 Å². The smallest absolute Gasteiger partial charge is 0.309 e. The van der Waals surface area contributed by atoms with Gasteiger partial charge in [-0.3, -0.25) is 4.79 Å². The third-order valence-corrected chi connectivity index (χ3v) is 8.94. The van der Waals surface area contributed by atoms with Gasteiger partial charge in [0.2, 0.25) is 0 Å². The Hall–Kier alpha value is -3.17. The highest BCUT2D eigenvalue weighted by Crippen LogP contribution is 2.41. The number of carbonyl (C=O) groups excluding carboxylic acids is 1. The molecule has 4 rings (SSSR count). The predicted octanol–water partition coefficient (Wildman–Crippen LogP) is 8.50. The number of hydrogen-bond donors (Lipinski definition) is 1. The van der Waals surface area contributed by atoms with Crippen LogP contribution in [-0.4, -0.2) is 23.8 Å². The van der Waals surface area contributed by atoms with E-state index in [1.165, 1.54) is 46.9 Å². The van der Waals surface area contributed by atoms with E-state index in [4.69, 9.17) is 4.74 Å². The van der Waals surface area contributed by atoms with E-state index in [0.717, 1.165) is 49.7 Å². The summed E-state index contributed by atoms with van der Waals surface area (Å²) in [7, 11) is 1.42. The standard InChI is InChI=1S/C36H44O3/c1-6-36(7-2,31-16-15-29(26(3)23-31)19-22-35(38)20-9-8-10-21-35)32-17-18-33(27(4)24-32)30-13-11-28(12-14-30)25-34(37)39-5/h11-19,22-24,38H,6-10,20-21,25H2,1-5H3/b22-19+. The number of esters is 1. The van der Waals surface area contributed by atoms with Crippen molar-refractivity contribution in [2.75, 3.05) is 7.11 Å². The van der Waals surface area contributed by atoms with E-state index in [-0.39, 0.29) is 11.4 Å². The molecule has 3 heteroatoms. The van der Waals surface area contributed by atoms with Crippen LogP contribution < -0.4 is 0 Å². The largest absolute Gasteiger partial charge is 0.469 e.